The van der Waals surface area contributed by atoms with Gasteiger partial charge in [-0.15, -0.1) is 0 Å². The van der Waals surface area contributed by atoms with Crippen molar-refractivity contribution in [1.82, 2.24) is 0 Å². The predicted octanol–water partition coefficient (Wildman–Crippen LogP) is 6.70. The normalized spacial score (nSPS) is 13.6. The molecule has 4 aromatic carbocycles. The quantitative estimate of drug-likeness (QED) is 0.195. The number of rotatable bonds is 5. The molecule has 10 heteroatoms. The van der Waals surface area contributed by atoms with Crippen LogP contribution in [0.15, 0.2) is 84.0 Å². The van der Waals surface area contributed by atoms with Crippen LogP contribution in [0, 0.1) is 5.82 Å². The number of carboxylic acid groups (broad SMARTS) is 1. The average molecular weight is 536 g/mol. The van der Waals surface area contributed by atoms with E-state index in [-0.39, 0.29) is 28.3 Å². The number of aromatic carboxylic acids is 1. The molecule has 3 N–H and O–H groups in total. The molecule has 1 amide bonds. The monoisotopic (exact) mass is 535 g/mol. The van der Waals surface area contributed by atoms with Crippen LogP contribution in [-0.4, -0.2) is 27.8 Å². The second-order valence-corrected chi connectivity index (χ2v) is 8.96. The summed E-state index contributed by atoms with van der Waals surface area (Å²) in [7, 11) is 0. The summed E-state index contributed by atoms with van der Waals surface area (Å²) in [6, 6.07) is 19.4. The molecule has 0 bridgehead atoms. The first-order valence-corrected chi connectivity index (χ1v) is 11.6. The predicted molar refractivity (Wildman–Crippen MR) is 141 cm³/mol. The van der Waals surface area contributed by atoms with Crippen molar-refractivity contribution >= 4 is 57.9 Å². The second kappa shape index (κ2) is 9.57. The maximum absolute atomic E-state index is 14.1. The third-order valence-electron chi connectivity index (χ3n) is 5.71. The molecule has 0 unspecified atom stereocenters. The van der Waals surface area contributed by atoms with Crippen molar-refractivity contribution in [2.45, 2.75) is 0 Å². The van der Waals surface area contributed by atoms with Crippen LogP contribution >= 0.6 is 23.2 Å². The summed E-state index contributed by atoms with van der Waals surface area (Å²) in [5, 5.41) is 25.0. The molecule has 0 aromatic heterocycles. The fourth-order valence-corrected chi connectivity index (χ4v) is 4.57. The Labute approximate surface area is 220 Å². The van der Waals surface area contributed by atoms with E-state index in [4.69, 9.17) is 23.2 Å². The molecule has 0 spiro atoms. The first-order valence-electron chi connectivity index (χ1n) is 10.8. The molecule has 184 valence electrons. The van der Waals surface area contributed by atoms with E-state index < -0.39 is 17.7 Å². The molecular weight excluding hydrogens is 520 g/mol. The number of phenolic OH excluding ortho intramolecular Hbond substituents is 1. The Hall–Kier alpha value is -4.40. The molecule has 0 saturated carbocycles. The number of nitrogens with one attached hydrogen (secondary N) is 1. The van der Waals surface area contributed by atoms with Crippen molar-refractivity contribution in [3.05, 3.63) is 106 Å². The molecule has 5 rings (SSSR count). The lowest BCUT2D eigenvalue weighted by atomic mass is 10.0. The zero-order valence-electron chi connectivity index (χ0n) is 18.7. The Morgan fingerprint density at radius 1 is 0.919 bits per heavy atom. The number of anilines is 3. The van der Waals surface area contributed by atoms with E-state index in [0.717, 1.165) is 0 Å². The van der Waals surface area contributed by atoms with Crippen molar-refractivity contribution in [2.24, 2.45) is 5.10 Å². The van der Waals surface area contributed by atoms with Crippen molar-refractivity contribution in [1.29, 1.82) is 0 Å². The summed E-state index contributed by atoms with van der Waals surface area (Å²) >= 11 is 12.3. The van der Waals surface area contributed by atoms with E-state index in [1.54, 1.807) is 36.4 Å². The van der Waals surface area contributed by atoms with Gasteiger partial charge >= 0.3 is 5.97 Å². The van der Waals surface area contributed by atoms with E-state index in [1.165, 1.54) is 47.4 Å². The van der Waals surface area contributed by atoms with Crippen molar-refractivity contribution < 1.29 is 24.2 Å². The first kappa shape index (κ1) is 24.3. The van der Waals surface area contributed by atoms with Gasteiger partial charge in [0.15, 0.2) is 5.71 Å². The smallest absolute Gasteiger partial charge is 0.335 e. The number of fused-ring (bicyclic) bond motifs is 1. The number of carbonyl (C=O) groups is 2. The standard InChI is InChI=1S/C27H16Cl2FN3O4/c28-16-10-17(29)12-19(11-16)33-23-8-7-18(30)13-21(23)24(26(33)35)32-31-22-6-2-5-20(25(22)34)14-3-1-4-15(9-14)27(36)37/h1-13,31,34H,(H,36,37)/b32-24-. The van der Waals surface area contributed by atoms with Crippen molar-refractivity contribution in [3.8, 4) is 16.9 Å². The molecule has 0 aliphatic carbocycles. The Balaban J connectivity index is 1.54. The summed E-state index contributed by atoms with van der Waals surface area (Å²) in [6.07, 6.45) is 0. The summed E-state index contributed by atoms with van der Waals surface area (Å²) in [5.41, 5.74) is 4.63. The highest BCUT2D eigenvalue weighted by molar-refractivity contribution is 6.56. The van der Waals surface area contributed by atoms with Crippen LogP contribution in [0.5, 0.6) is 5.75 Å². The number of para-hydroxylation sites is 1. The van der Waals surface area contributed by atoms with Crippen LogP contribution in [0.25, 0.3) is 11.1 Å². The molecule has 0 saturated heterocycles. The van der Waals surface area contributed by atoms with Gasteiger partial charge in [-0.2, -0.15) is 5.10 Å². The number of amides is 1. The number of hydrogen-bond donors (Lipinski definition) is 3. The van der Waals surface area contributed by atoms with Gasteiger partial charge in [0.25, 0.3) is 5.91 Å². The Morgan fingerprint density at radius 3 is 2.38 bits per heavy atom. The number of halogens is 3. The molecule has 0 fully saturated rings. The van der Waals surface area contributed by atoms with Gasteiger partial charge in [-0.3, -0.25) is 15.1 Å². The SMILES string of the molecule is O=C(O)c1cccc(-c2cccc(N/N=C3\C(=O)N(c4cc(Cl)cc(Cl)c4)c4ccc(F)cc43)c2O)c1. The highest BCUT2D eigenvalue weighted by Crippen LogP contribution is 2.39. The minimum Gasteiger partial charge on any atom is -0.505 e. The molecule has 37 heavy (non-hydrogen) atoms. The third-order valence-corrected chi connectivity index (χ3v) is 6.15. The van der Waals surface area contributed by atoms with Crippen LogP contribution in [0.2, 0.25) is 10.0 Å². The van der Waals surface area contributed by atoms with Gasteiger partial charge in [-0.1, -0.05) is 47.5 Å². The topological polar surface area (TPSA) is 102 Å². The minimum absolute atomic E-state index is 0.0619. The van der Waals surface area contributed by atoms with Crippen LogP contribution in [0.3, 0.4) is 0 Å². The largest absolute Gasteiger partial charge is 0.505 e. The molecule has 0 radical (unpaired) electrons. The summed E-state index contributed by atoms with van der Waals surface area (Å²) < 4.78 is 14.1. The molecular formula is C27H16Cl2FN3O4. The Bertz CT molecular complexity index is 1600. The number of carbonyl (C=O) groups excluding carboxylic acids is 1. The molecule has 1 heterocycles. The van der Waals surface area contributed by atoms with Gasteiger partial charge in [0.1, 0.15) is 11.6 Å². The number of phenols is 1. The zero-order chi connectivity index (χ0) is 26.3. The Morgan fingerprint density at radius 2 is 1.65 bits per heavy atom. The van der Waals surface area contributed by atoms with Gasteiger partial charge in [-0.05, 0) is 60.2 Å². The van der Waals surface area contributed by atoms with Gasteiger partial charge in [0.05, 0.1) is 22.6 Å². The van der Waals surface area contributed by atoms with E-state index in [9.17, 15) is 24.2 Å². The highest BCUT2D eigenvalue weighted by atomic mass is 35.5. The number of nitrogens with zero attached hydrogens (tertiary/aromatic N) is 2. The lowest BCUT2D eigenvalue weighted by molar-refractivity contribution is -0.111. The molecule has 0 atom stereocenters. The molecule has 7 nitrogen and oxygen atoms in total. The second-order valence-electron chi connectivity index (χ2n) is 8.09. The van der Waals surface area contributed by atoms with Crippen molar-refractivity contribution in [2.75, 3.05) is 10.3 Å². The van der Waals surface area contributed by atoms with Crippen molar-refractivity contribution in [3.63, 3.8) is 0 Å². The minimum atomic E-state index is -1.10. The summed E-state index contributed by atoms with van der Waals surface area (Å²) in [6.45, 7) is 0. The average Bonchev–Trinajstić information content (AvgIpc) is 3.13. The number of benzene rings is 4. The summed E-state index contributed by atoms with van der Waals surface area (Å²) in [5.74, 6) is -2.43. The van der Waals surface area contributed by atoms with Crippen LogP contribution in [-0.2, 0) is 4.79 Å². The van der Waals surface area contributed by atoms with E-state index in [2.05, 4.69) is 10.5 Å². The van der Waals surface area contributed by atoms with Gasteiger partial charge in [0.2, 0.25) is 0 Å². The Kier molecular flexibility index (Phi) is 6.29. The fraction of sp³-hybridized carbons (Fsp3) is 0. The number of hydrazone groups is 1. The van der Waals surface area contributed by atoms with Gasteiger partial charge < -0.3 is 10.2 Å². The van der Waals surface area contributed by atoms with E-state index >= 15 is 0 Å². The highest BCUT2D eigenvalue weighted by Gasteiger charge is 2.36. The van der Waals surface area contributed by atoms with Gasteiger partial charge in [-0.25, -0.2) is 9.18 Å². The van der Waals surface area contributed by atoms with Crippen LogP contribution in [0.4, 0.5) is 21.5 Å². The number of aromatic hydroxyl groups is 1. The third kappa shape index (κ3) is 4.60. The van der Waals surface area contributed by atoms with E-state index in [1.807, 2.05) is 0 Å². The first-order chi connectivity index (χ1) is 17.7. The molecule has 4 aromatic rings. The van der Waals surface area contributed by atoms with Crippen LogP contribution < -0.4 is 10.3 Å². The maximum atomic E-state index is 14.1. The zero-order valence-corrected chi connectivity index (χ0v) is 20.3. The lowest BCUT2D eigenvalue weighted by Gasteiger charge is -2.17. The van der Waals surface area contributed by atoms with E-state index in [0.29, 0.717) is 32.5 Å². The summed E-state index contributed by atoms with van der Waals surface area (Å²) in [4.78, 5) is 26.1. The number of carboxylic acids is 1. The molecule has 1 aliphatic heterocycles. The number of hydrogen-bond acceptors (Lipinski definition) is 5. The molecule has 1 aliphatic rings. The fourth-order valence-electron chi connectivity index (χ4n) is 4.06. The lowest BCUT2D eigenvalue weighted by Crippen LogP contribution is -2.26. The maximum Gasteiger partial charge on any atom is 0.335 e. The van der Waals surface area contributed by atoms with Gasteiger partial charge in [0, 0.05) is 21.2 Å². The van der Waals surface area contributed by atoms with Crippen LogP contribution in [0.1, 0.15) is 15.9 Å².